The summed E-state index contributed by atoms with van der Waals surface area (Å²) in [7, 11) is 0.874. The Kier molecular flexibility index (Phi) is 13.0. The van der Waals surface area contributed by atoms with Gasteiger partial charge in [-0.3, -0.25) is 9.59 Å². The topological polar surface area (TPSA) is 72.8 Å². The number of aliphatic hydroxyl groups is 1. The molecule has 1 unspecified atom stereocenters. The van der Waals surface area contributed by atoms with Crippen LogP contribution in [0, 0.1) is 0 Å². The molecule has 0 saturated carbocycles. The molecule has 0 bridgehead atoms. The fourth-order valence-corrected chi connectivity index (χ4v) is 0.934. The summed E-state index contributed by atoms with van der Waals surface area (Å²) in [6, 6.07) is 0. The molecule has 0 radical (unpaired) electrons. The fourth-order valence-electron chi connectivity index (χ4n) is 0.481. The van der Waals surface area contributed by atoms with Crippen molar-refractivity contribution in [1.82, 2.24) is 0 Å². The molecule has 0 aromatic rings. The quantitative estimate of drug-likeness (QED) is 0.278. The van der Waals surface area contributed by atoms with E-state index in [1.807, 2.05) is 0 Å². The zero-order valence-electron chi connectivity index (χ0n) is 6.70. The van der Waals surface area contributed by atoms with Crippen molar-refractivity contribution >= 4 is 49.9 Å². The molecule has 0 aliphatic carbocycles. The van der Waals surface area contributed by atoms with Gasteiger partial charge in [-0.1, -0.05) is 0 Å². The molecule has 0 aromatic carbocycles. The molecule has 0 heterocycles. The Morgan fingerprint density at radius 2 is 2.00 bits per heavy atom. The van der Waals surface area contributed by atoms with Gasteiger partial charge >= 0.3 is 35.5 Å². The van der Waals surface area contributed by atoms with Crippen molar-refractivity contribution in [3.8, 4) is 0 Å². The van der Waals surface area contributed by atoms with E-state index in [-0.39, 0.29) is 56.7 Å². The van der Waals surface area contributed by atoms with Crippen LogP contribution in [0.5, 0.6) is 0 Å². The Labute approximate surface area is 100 Å². The van der Waals surface area contributed by atoms with Gasteiger partial charge in [0.15, 0.2) is 5.52 Å². The second kappa shape index (κ2) is 10.6. The van der Waals surface area contributed by atoms with Crippen molar-refractivity contribution in [1.29, 1.82) is 0 Å². The van der Waals surface area contributed by atoms with Crippen molar-refractivity contribution in [2.24, 2.45) is 0 Å². The normalized spacial score (nSPS) is 9.69. The van der Waals surface area contributed by atoms with Gasteiger partial charge in [0, 0.05) is 6.42 Å². The third-order valence-electron chi connectivity index (χ3n) is 1.03. The van der Waals surface area contributed by atoms with E-state index < -0.39 is 12.8 Å². The van der Waals surface area contributed by atoms with Crippen LogP contribution < -0.4 is 0 Å². The van der Waals surface area contributed by atoms with Crippen molar-refractivity contribution in [3.05, 3.63) is 0 Å². The van der Waals surface area contributed by atoms with E-state index >= 15 is 0 Å². The molecule has 1 atom stereocenters. The summed E-state index contributed by atoms with van der Waals surface area (Å²) >= 11 is 0. The summed E-state index contributed by atoms with van der Waals surface area (Å²) in [5.74, 6) is -0.419. The van der Waals surface area contributed by atoms with Crippen molar-refractivity contribution in [2.45, 2.75) is 12.8 Å². The zero-order valence-corrected chi connectivity index (χ0v) is 7.70. The van der Waals surface area contributed by atoms with Crippen LogP contribution in [0.4, 0.5) is 0 Å². The molecule has 0 aromatic heterocycles. The second-order valence-electron chi connectivity index (χ2n) is 1.87. The number of rotatable bonds is 6. The number of esters is 1. The molecule has 0 spiro atoms. The van der Waals surface area contributed by atoms with E-state index in [0.29, 0.717) is 0 Å². The maximum atomic E-state index is 10.8. The van der Waals surface area contributed by atoms with E-state index in [1.165, 1.54) is 7.11 Å². The summed E-state index contributed by atoms with van der Waals surface area (Å²) in [6.45, 7) is -0.470. The first-order valence-corrected chi connectivity index (χ1v) is 4.20. The van der Waals surface area contributed by atoms with Crippen LogP contribution in [0.1, 0.15) is 12.8 Å². The minimum atomic E-state index is -0.470. The first kappa shape index (κ1) is 15.9. The molecule has 72 valence electrons. The minimum absolute atomic E-state index is 0. The van der Waals surface area contributed by atoms with Crippen LogP contribution >= 0.6 is 8.81 Å². The van der Waals surface area contributed by atoms with Gasteiger partial charge in [0.2, 0.25) is 0 Å². The number of carbonyl (C=O) groups excluding carboxylic acids is 2. The van der Waals surface area contributed by atoms with Crippen LogP contribution in [0.2, 0.25) is 0 Å². The maximum absolute atomic E-state index is 10.8. The molecule has 0 saturated heterocycles. The van der Waals surface area contributed by atoms with Crippen molar-refractivity contribution in [2.75, 3.05) is 13.9 Å². The summed E-state index contributed by atoms with van der Waals surface area (Å²) in [6.07, 6.45) is 0.169. The first-order valence-electron chi connectivity index (χ1n) is 3.29. The van der Waals surface area contributed by atoms with Crippen LogP contribution in [-0.4, -0.2) is 60.1 Å². The molecular weight excluding hydrogens is 206 g/mol. The molecule has 0 aliphatic heterocycles. The number of aliphatic hydroxyl groups excluding tert-OH is 1. The molecular formula is C6H12NaO5P. The van der Waals surface area contributed by atoms with Crippen molar-refractivity contribution < 1.29 is 24.0 Å². The summed E-state index contributed by atoms with van der Waals surface area (Å²) in [5.41, 5.74) is -0.200. The number of hydrogen-bond acceptors (Lipinski definition) is 5. The molecule has 0 fully saturated rings. The molecule has 13 heavy (non-hydrogen) atoms. The van der Waals surface area contributed by atoms with Crippen LogP contribution in [0.15, 0.2) is 0 Å². The van der Waals surface area contributed by atoms with Crippen LogP contribution in [0.3, 0.4) is 0 Å². The predicted molar refractivity (Wildman–Crippen MR) is 49.9 cm³/mol. The SMILES string of the molecule is COC(=O)CCC(=O)POCO.[NaH]. The molecule has 7 heteroatoms. The number of methoxy groups -OCH3 is 1. The van der Waals surface area contributed by atoms with Gasteiger partial charge in [-0.15, -0.1) is 0 Å². The Bertz CT molecular complexity index is 163. The van der Waals surface area contributed by atoms with E-state index in [0.717, 1.165) is 0 Å². The molecule has 1 N–H and O–H groups in total. The van der Waals surface area contributed by atoms with E-state index in [1.54, 1.807) is 0 Å². The Balaban J connectivity index is 0. The predicted octanol–water partition coefficient (Wildman–Crippen LogP) is -0.622. The van der Waals surface area contributed by atoms with Gasteiger partial charge < -0.3 is 14.4 Å². The number of carbonyl (C=O) groups is 2. The number of hydrogen-bond donors (Lipinski definition) is 1. The molecule has 5 nitrogen and oxygen atoms in total. The third kappa shape index (κ3) is 10.4. The molecule has 0 aliphatic rings. The van der Waals surface area contributed by atoms with Crippen LogP contribution in [0.25, 0.3) is 0 Å². The van der Waals surface area contributed by atoms with Gasteiger partial charge in [0.25, 0.3) is 0 Å². The summed E-state index contributed by atoms with van der Waals surface area (Å²) in [4.78, 5) is 21.3. The molecule has 0 amide bonds. The van der Waals surface area contributed by atoms with E-state index in [2.05, 4.69) is 9.26 Å². The Morgan fingerprint density at radius 1 is 1.38 bits per heavy atom. The fraction of sp³-hybridized carbons (Fsp3) is 0.667. The van der Waals surface area contributed by atoms with Crippen LogP contribution in [-0.2, 0) is 18.8 Å². The summed E-state index contributed by atoms with van der Waals surface area (Å²) in [5, 5.41) is 8.18. The monoisotopic (exact) mass is 218 g/mol. The van der Waals surface area contributed by atoms with Crippen molar-refractivity contribution in [3.63, 3.8) is 0 Å². The van der Waals surface area contributed by atoms with Gasteiger partial charge in [-0.2, -0.15) is 0 Å². The Hall–Kier alpha value is 0.490. The van der Waals surface area contributed by atoms with Gasteiger partial charge in [0.05, 0.1) is 22.3 Å². The first-order chi connectivity index (χ1) is 5.70. The summed E-state index contributed by atoms with van der Waals surface area (Å²) < 4.78 is 8.77. The molecule has 0 rings (SSSR count). The van der Waals surface area contributed by atoms with Gasteiger partial charge in [-0.25, -0.2) is 0 Å². The standard InChI is InChI=1S/C6H11O5P.Na.H/c1-10-5(8)2-3-6(9)12-11-4-7;;/h7,12H,2-4H2,1H3;;. The van der Waals surface area contributed by atoms with Gasteiger partial charge in [-0.05, 0) is 0 Å². The average molecular weight is 218 g/mol. The number of ether oxygens (including phenoxy) is 1. The average Bonchev–Trinajstić information content (AvgIpc) is 2.10. The van der Waals surface area contributed by atoms with E-state index in [4.69, 9.17) is 5.11 Å². The van der Waals surface area contributed by atoms with Gasteiger partial charge in [0.1, 0.15) is 6.79 Å². The zero-order chi connectivity index (χ0) is 9.40. The third-order valence-corrected chi connectivity index (χ3v) is 1.79. The van der Waals surface area contributed by atoms with E-state index in [9.17, 15) is 9.59 Å². The Morgan fingerprint density at radius 3 is 2.46 bits per heavy atom. The second-order valence-corrected chi connectivity index (χ2v) is 2.93.